The van der Waals surface area contributed by atoms with Gasteiger partial charge < -0.3 is 9.67 Å². The Morgan fingerprint density at radius 3 is 2.33 bits per heavy atom. The van der Waals surface area contributed by atoms with Crippen LogP contribution in [0.15, 0.2) is 16.7 Å². The number of amides is 1. The standard InChI is InChI=1S/C24H33N3O3/c1-15-13-19(17(3)26(15)20-7-5-4-6-8-20)14-22-16(2)25-27(23(22)28)21-11-9-18(10-12-21)24(29)30/h13-14,18,20-21H,4-12H2,1-3H3,(H,29,30). The molecule has 6 heteroatoms. The highest BCUT2D eigenvalue weighted by Crippen LogP contribution is 2.34. The Labute approximate surface area is 178 Å². The highest BCUT2D eigenvalue weighted by atomic mass is 16.4. The Morgan fingerprint density at radius 1 is 1.03 bits per heavy atom. The molecule has 0 radical (unpaired) electrons. The van der Waals surface area contributed by atoms with Crippen molar-refractivity contribution >= 4 is 23.7 Å². The van der Waals surface area contributed by atoms with E-state index in [2.05, 4.69) is 29.6 Å². The van der Waals surface area contributed by atoms with E-state index in [-0.39, 0.29) is 17.9 Å². The highest BCUT2D eigenvalue weighted by Gasteiger charge is 2.36. The minimum Gasteiger partial charge on any atom is -0.481 e. The summed E-state index contributed by atoms with van der Waals surface area (Å²) in [6.07, 6.45) is 11.0. The van der Waals surface area contributed by atoms with Gasteiger partial charge >= 0.3 is 5.97 Å². The van der Waals surface area contributed by atoms with Gasteiger partial charge in [-0.1, -0.05) is 19.3 Å². The van der Waals surface area contributed by atoms with Crippen LogP contribution < -0.4 is 0 Å². The Kier molecular flexibility index (Phi) is 5.85. The normalized spacial score (nSPS) is 27.0. The average molecular weight is 412 g/mol. The van der Waals surface area contributed by atoms with Gasteiger partial charge in [0.2, 0.25) is 0 Å². The van der Waals surface area contributed by atoms with Crippen molar-refractivity contribution in [1.82, 2.24) is 9.58 Å². The summed E-state index contributed by atoms with van der Waals surface area (Å²) in [5.41, 5.74) is 5.01. The first kappa shape index (κ1) is 20.9. The number of aryl methyl sites for hydroxylation is 1. The van der Waals surface area contributed by atoms with Gasteiger partial charge in [-0.25, -0.2) is 5.01 Å². The van der Waals surface area contributed by atoms with Crippen molar-refractivity contribution < 1.29 is 14.7 Å². The second kappa shape index (κ2) is 8.40. The van der Waals surface area contributed by atoms with Gasteiger partial charge in [0.05, 0.1) is 23.2 Å². The van der Waals surface area contributed by atoms with E-state index in [0.29, 0.717) is 37.3 Å². The van der Waals surface area contributed by atoms with E-state index in [0.717, 1.165) is 11.3 Å². The van der Waals surface area contributed by atoms with Crippen LogP contribution in [-0.2, 0) is 9.59 Å². The molecule has 3 aliphatic rings. The minimum absolute atomic E-state index is 0.00335. The number of carboxylic acid groups (broad SMARTS) is 1. The number of hydrazone groups is 1. The monoisotopic (exact) mass is 411 g/mol. The van der Waals surface area contributed by atoms with Crippen LogP contribution in [0.25, 0.3) is 6.08 Å². The number of hydrogen-bond donors (Lipinski definition) is 1. The van der Waals surface area contributed by atoms with Gasteiger partial charge in [-0.05, 0) is 77.0 Å². The number of aromatic nitrogens is 1. The number of aliphatic carboxylic acids is 1. The first-order valence-electron chi connectivity index (χ1n) is 11.4. The van der Waals surface area contributed by atoms with E-state index in [1.165, 1.54) is 43.5 Å². The lowest BCUT2D eigenvalue weighted by molar-refractivity contribution is -0.143. The third-order valence-corrected chi connectivity index (χ3v) is 7.24. The van der Waals surface area contributed by atoms with Gasteiger partial charge in [-0.2, -0.15) is 5.10 Å². The van der Waals surface area contributed by atoms with E-state index in [4.69, 9.17) is 0 Å². The van der Waals surface area contributed by atoms with Crippen molar-refractivity contribution in [3.05, 3.63) is 28.6 Å². The van der Waals surface area contributed by atoms with Crippen LogP contribution in [0.4, 0.5) is 0 Å². The molecular formula is C24H33N3O3. The number of nitrogens with zero attached hydrogens (tertiary/aromatic N) is 3. The van der Waals surface area contributed by atoms with Crippen LogP contribution in [0.5, 0.6) is 0 Å². The fourth-order valence-electron chi connectivity index (χ4n) is 5.53. The lowest BCUT2D eigenvalue weighted by Crippen LogP contribution is -2.37. The number of carboxylic acids is 1. The molecular weight excluding hydrogens is 378 g/mol. The van der Waals surface area contributed by atoms with E-state index in [1.807, 2.05) is 13.0 Å². The van der Waals surface area contributed by atoms with Gasteiger partial charge in [0.15, 0.2) is 0 Å². The van der Waals surface area contributed by atoms with Gasteiger partial charge in [0.1, 0.15) is 0 Å². The average Bonchev–Trinajstić information content (AvgIpc) is 3.18. The molecule has 162 valence electrons. The fraction of sp³-hybridized carbons (Fsp3) is 0.625. The summed E-state index contributed by atoms with van der Waals surface area (Å²) in [7, 11) is 0. The number of hydrogen-bond acceptors (Lipinski definition) is 3. The van der Waals surface area contributed by atoms with Crippen molar-refractivity contribution in [3.63, 3.8) is 0 Å². The maximum Gasteiger partial charge on any atom is 0.306 e. The van der Waals surface area contributed by atoms with E-state index in [9.17, 15) is 14.7 Å². The zero-order chi connectivity index (χ0) is 21.4. The van der Waals surface area contributed by atoms with Gasteiger partial charge in [0.25, 0.3) is 5.91 Å². The molecule has 0 bridgehead atoms. The van der Waals surface area contributed by atoms with Gasteiger partial charge in [0, 0.05) is 17.4 Å². The van der Waals surface area contributed by atoms with Crippen LogP contribution in [0.3, 0.4) is 0 Å². The highest BCUT2D eigenvalue weighted by molar-refractivity contribution is 6.26. The number of rotatable bonds is 4. The molecule has 0 saturated heterocycles. The Hall–Kier alpha value is -2.37. The molecule has 0 unspecified atom stereocenters. The van der Waals surface area contributed by atoms with Crippen molar-refractivity contribution in [3.8, 4) is 0 Å². The Balaban J connectivity index is 1.53. The molecule has 2 saturated carbocycles. The molecule has 0 aromatic carbocycles. The molecule has 2 aliphatic carbocycles. The van der Waals surface area contributed by atoms with E-state index in [1.54, 1.807) is 5.01 Å². The fourth-order valence-corrected chi connectivity index (χ4v) is 5.53. The third-order valence-electron chi connectivity index (χ3n) is 7.24. The minimum atomic E-state index is -0.727. The summed E-state index contributed by atoms with van der Waals surface area (Å²) in [6.45, 7) is 6.21. The molecule has 6 nitrogen and oxygen atoms in total. The second-order valence-electron chi connectivity index (χ2n) is 9.23. The summed E-state index contributed by atoms with van der Waals surface area (Å²) in [4.78, 5) is 24.4. The molecule has 2 fully saturated rings. The summed E-state index contributed by atoms with van der Waals surface area (Å²) in [5.74, 6) is -1.06. The summed E-state index contributed by atoms with van der Waals surface area (Å²) in [5, 5.41) is 15.4. The van der Waals surface area contributed by atoms with Gasteiger partial charge in [-0.3, -0.25) is 9.59 Å². The molecule has 2 heterocycles. The van der Waals surface area contributed by atoms with Crippen molar-refractivity contribution in [2.24, 2.45) is 11.0 Å². The molecule has 1 amide bonds. The largest absolute Gasteiger partial charge is 0.481 e. The molecule has 1 N–H and O–H groups in total. The molecule has 1 aromatic rings. The first-order valence-corrected chi connectivity index (χ1v) is 11.4. The quantitative estimate of drug-likeness (QED) is 0.719. The van der Waals surface area contributed by atoms with Crippen LogP contribution in [0.1, 0.15) is 87.7 Å². The molecule has 30 heavy (non-hydrogen) atoms. The zero-order valence-corrected chi connectivity index (χ0v) is 18.4. The summed E-state index contributed by atoms with van der Waals surface area (Å²) >= 11 is 0. The van der Waals surface area contributed by atoms with Crippen molar-refractivity contribution in [2.45, 2.75) is 90.6 Å². The maximum absolute atomic E-state index is 13.2. The second-order valence-corrected chi connectivity index (χ2v) is 9.23. The molecule has 4 rings (SSSR count). The molecule has 0 atom stereocenters. The van der Waals surface area contributed by atoms with Crippen molar-refractivity contribution in [1.29, 1.82) is 0 Å². The molecule has 1 aliphatic heterocycles. The maximum atomic E-state index is 13.2. The third kappa shape index (κ3) is 3.84. The smallest absolute Gasteiger partial charge is 0.306 e. The molecule has 1 aromatic heterocycles. The summed E-state index contributed by atoms with van der Waals surface area (Å²) in [6, 6.07) is 2.77. The topological polar surface area (TPSA) is 74.9 Å². The van der Waals surface area contributed by atoms with Crippen LogP contribution in [0, 0.1) is 19.8 Å². The van der Waals surface area contributed by atoms with Gasteiger partial charge in [-0.15, -0.1) is 0 Å². The molecule has 0 spiro atoms. The van der Waals surface area contributed by atoms with E-state index < -0.39 is 5.97 Å². The SMILES string of the molecule is CC1=NN(C2CCC(C(=O)O)CC2)C(=O)C1=Cc1cc(C)n(C2CCCCC2)c1C. The lowest BCUT2D eigenvalue weighted by Gasteiger charge is -2.30. The van der Waals surface area contributed by atoms with Crippen LogP contribution in [-0.4, -0.2) is 38.3 Å². The number of carbonyl (C=O) groups is 2. The predicted octanol–water partition coefficient (Wildman–Crippen LogP) is 4.86. The summed E-state index contributed by atoms with van der Waals surface area (Å²) < 4.78 is 2.46. The van der Waals surface area contributed by atoms with E-state index >= 15 is 0 Å². The number of carbonyl (C=O) groups excluding carboxylic acids is 1. The zero-order valence-electron chi connectivity index (χ0n) is 18.4. The lowest BCUT2D eigenvalue weighted by atomic mass is 9.86. The predicted molar refractivity (Wildman–Crippen MR) is 117 cm³/mol. The van der Waals surface area contributed by atoms with Crippen molar-refractivity contribution in [2.75, 3.05) is 0 Å². The van der Waals surface area contributed by atoms with Crippen LogP contribution >= 0.6 is 0 Å². The van der Waals surface area contributed by atoms with Crippen LogP contribution in [0.2, 0.25) is 0 Å². The Bertz CT molecular complexity index is 897. The Morgan fingerprint density at radius 2 is 1.70 bits per heavy atom. The first-order chi connectivity index (χ1) is 14.4.